The standard InChI is InChI=1S/C14H16ClNO3/c1-14(2,3)19-13(17)16-6-5-9-7-10(18-4)8-11(15)12(9)16/h5-8H,1-4H3. The molecule has 0 radical (unpaired) electrons. The van der Waals surface area contributed by atoms with Crippen LogP contribution in [0.25, 0.3) is 10.9 Å². The largest absolute Gasteiger partial charge is 0.497 e. The maximum atomic E-state index is 12.1. The molecular formula is C14H16ClNO3. The molecule has 0 aliphatic rings. The van der Waals surface area contributed by atoms with Crippen LogP contribution < -0.4 is 4.74 Å². The lowest BCUT2D eigenvalue weighted by Gasteiger charge is -2.20. The van der Waals surface area contributed by atoms with E-state index >= 15 is 0 Å². The summed E-state index contributed by atoms with van der Waals surface area (Å²) in [4.78, 5) is 12.1. The Morgan fingerprint density at radius 2 is 2.00 bits per heavy atom. The van der Waals surface area contributed by atoms with Gasteiger partial charge in [-0.2, -0.15) is 0 Å². The summed E-state index contributed by atoms with van der Waals surface area (Å²) in [6, 6.07) is 5.29. The number of ether oxygens (including phenoxy) is 2. The monoisotopic (exact) mass is 281 g/mol. The third kappa shape index (κ3) is 2.84. The number of hydrogen-bond donors (Lipinski definition) is 0. The molecule has 1 aromatic carbocycles. The summed E-state index contributed by atoms with van der Waals surface area (Å²) >= 11 is 6.19. The topological polar surface area (TPSA) is 40.5 Å². The van der Waals surface area contributed by atoms with Crippen molar-refractivity contribution in [1.82, 2.24) is 4.57 Å². The third-order valence-corrected chi connectivity index (χ3v) is 2.82. The molecular weight excluding hydrogens is 266 g/mol. The lowest BCUT2D eigenvalue weighted by Crippen LogP contribution is -2.26. The van der Waals surface area contributed by atoms with Crippen LogP contribution in [-0.4, -0.2) is 23.4 Å². The number of carbonyl (C=O) groups is 1. The number of aromatic nitrogens is 1. The van der Waals surface area contributed by atoms with Gasteiger partial charge < -0.3 is 9.47 Å². The van der Waals surface area contributed by atoms with Crippen molar-refractivity contribution in [2.45, 2.75) is 26.4 Å². The molecule has 0 atom stereocenters. The van der Waals surface area contributed by atoms with Crippen LogP contribution in [0.2, 0.25) is 5.02 Å². The second kappa shape index (κ2) is 4.78. The molecule has 0 N–H and O–H groups in total. The number of methoxy groups -OCH3 is 1. The molecule has 0 fully saturated rings. The first kappa shape index (κ1) is 13.7. The van der Waals surface area contributed by atoms with Crippen molar-refractivity contribution in [2.75, 3.05) is 7.11 Å². The number of hydrogen-bond acceptors (Lipinski definition) is 3. The Balaban J connectivity index is 2.48. The first-order valence-corrected chi connectivity index (χ1v) is 6.27. The summed E-state index contributed by atoms with van der Waals surface area (Å²) < 4.78 is 11.9. The SMILES string of the molecule is COc1cc(Cl)c2c(ccn2C(=O)OC(C)(C)C)c1. The number of nitrogens with zero attached hydrogens (tertiary/aromatic N) is 1. The van der Waals surface area contributed by atoms with Gasteiger partial charge in [-0.15, -0.1) is 0 Å². The van der Waals surface area contributed by atoms with Crippen LogP contribution in [0.3, 0.4) is 0 Å². The van der Waals surface area contributed by atoms with Gasteiger partial charge in [0.2, 0.25) is 0 Å². The minimum Gasteiger partial charge on any atom is -0.497 e. The number of halogens is 1. The summed E-state index contributed by atoms with van der Waals surface area (Å²) in [5, 5.41) is 1.28. The van der Waals surface area contributed by atoms with Gasteiger partial charge in [-0.1, -0.05) is 11.6 Å². The van der Waals surface area contributed by atoms with Crippen molar-refractivity contribution < 1.29 is 14.3 Å². The molecule has 2 rings (SSSR count). The van der Waals surface area contributed by atoms with Crippen LogP contribution in [0, 0.1) is 0 Å². The van der Waals surface area contributed by atoms with Crippen molar-refractivity contribution in [1.29, 1.82) is 0 Å². The molecule has 5 heteroatoms. The molecule has 2 aromatic rings. The second-order valence-corrected chi connectivity index (χ2v) is 5.62. The number of fused-ring (bicyclic) bond motifs is 1. The summed E-state index contributed by atoms with van der Waals surface area (Å²) in [6.07, 6.45) is 1.19. The van der Waals surface area contributed by atoms with Gasteiger partial charge in [0.15, 0.2) is 0 Å². The average molecular weight is 282 g/mol. The third-order valence-electron chi connectivity index (χ3n) is 2.54. The molecule has 102 valence electrons. The van der Waals surface area contributed by atoms with Gasteiger partial charge in [-0.3, -0.25) is 4.57 Å². The average Bonchev–Trinajstić information content (AvgIpc) is 2.70. The van der Waals surface area contributed by atoms with Crippen LogP contribution in [0.1, 0.15) is 20.8 Å². The van der Waals surface area contributed by atoms with Gasteiger partial charge in [-0.25, -0.2) is 4.79 Å². The van der Waals surface area contributed by atoms with Gasteiger partial charge in [-0.05, 0) is 32.9 Å². The highest BCUT2D eigenvalue weighted by Crippen LogP contribution is 2.30. The molecule has 0 saturated heterocycles. The minimum absolute atomic E-state index is 0.449. The van der Waals surface area contributed by atoms with Crippen molar-refractivity contribution >= 4 is 28.6 Å². The highest BCUT2D eigenvalue weighted by Gasteiger charge is 2.20. The number of rotatable bonds is 1. The Bertz CT molecular complexity index is 625. The smallest absolute Gasteiger partial charge is 0.419 e. The zero-order valence-electron chi connectivity index (χ0n) is 11.4. The molecule has 0 spiro atoms. The molecule has 0 saturated carbocycles. The molecule has 19 heavy (non-hydrogen) atoms. The van der Waals surface area contributed by atoms with Gasteiger partial charge in [0, 0.05) is 17.6 Å². The quantitative estimate of drug-likeness (QED) is 0.790. The van der Waals surface area contributed by atoms with Crippen LogP contribution in [0.5, 0.6) is 5.75 Å². The fourth-order valence-corrected chi connectivity index (χ4v) is 2.09. The first-order valence-electron chi connectivity index (χ1n) is 5.90. The summed E-state index contributed by atoms with van der Waals surface area (Å²) in [5.74, 6) is 0.652. The Labute approximate surface area is 116 Å². The van der Waals surface area contributed by atoms with Crippen molar-refractivity contribution in [3.05, 3.63) is 29.4 Å². The van der Waals surface area contributed by atoms with E-state index in [0.29, 0.717) is 16.3 Å². The van der Waals surface area contributed by atoms with Crippen LogP contribution in [0.4, 0.5) is 4.79 Å². The summed E-state index contributed by atoms with van der Waals surface area (Å²) in [7, 11) is 1.57. The zero-order chi connectivity index (χ0) is 14.2. The van der Waals surface area contributed by atoms with Crippen molar-refractivity contribution in [2.24, 2.45) is 0 Å². The van der Waals surface area contributed by atoms with Crippen molar-refractivity contribution in [3.8, 4) is 5.75 Å². The summed E-state index contributed by atoms with van der Waals surface area (Å²) in [5.41, 5.74) is 0.0730. The fraction of sp³-hybridized carbons (Fsp3) is 0.357. The second-order valence-electron chi connectivity index (χ2n) is 5.21. The van der Waals surface area contributed by atoms with E-state index < -0.39 is 11.7 Å². The Morgan fingerprint density at radius 1 is 1.32 bits per heavy atom. The predicted molar refractivity (Wildman–Crippen MR) is 75.1 cm³/mol. The van der Waals surface area contributed by atoms with Gasteiger partial charge in [0.25, 0.3) is 0 Å². The van der Waals surface area contributed by atoms with E-state index in [1.807, 2.05) is 26.8 Å². The number of benzene rings is 1. The minimum atomic E-state index is -0.549. The molecule has 0 aliphatic heterocycles. The van der Waals surface area contributed by atoms with Crippen LogP contribution >= 0.6 is 11.6 Å². The number of carbonyl (C=O) groups excluding carboxylic acids is 1. The van der Waals surface area contributed by atoms with E-state index in [-0.39, 0.29) is 0 Å². The predicted octanol–water partition coefficient (Wildman–Crippen LogP) is 4.09. The molecule has 0 bridgehead atoms. The van der Waals surface area contributed by atoms with E-state index in [1.165, 1.54) is 4.57 Å². The molecule has 0 unspecified atom stereocenters. The molecule has 1 aromatic heterocycles. The highest BCUT2D eigenvalue weighted by molar-refractivity contribution is 6.35. The maximum absolute atomic E-state index is 12.1. The maximum Gasteiger partial charge on any atom is 0.419 e. The van der Waals surface area contributed by atoms with Crippen LogP contribution in [-0.2, 0) is 4.74 Å². The molecule has 4 nitrogen and oxygen atoms in total. The first-order chi connectivity index (χ1) is 8.81. The molecule has 0 amide bonds. The van der Waals surface area contributed by atoms with Gasteiger partial charge in [0.1, 0.15) is 11.4 Å². The zero-order valence-corrected chi connectivity index (χ0v) is 12.1. The van der Waals surface area contributed by atoms with E-state index in [0.717, 1.165) is 5.39 Å². The lowest BCUT2D eigenvalue weighted by atomic mass is 10.2. The molecule has 0 aliphatic carbocycles. The van der Waals surface area contributed by atoms with Gasteiger partial charge in [0.05, 0.1) is 17.6 Å². The van der Waals surface area contributed by atoms with E-state index in [1.54, 1.807) is 25.4 Å². The van der Waals surface area contributed by atoms with Crippen molar-refractivity contribution in [3.63, 3.8) is 0 Å². The van der Waals surface area contributed by atoms with E-state index in [9.17, 15) is 4.79 Å². The Kier molecular flexibility index (Phi) is 3.45. The van der Waals surface area contributed by atoms with E-state index in [2.05, 4.69) is 0 Å². The Morgan fingerprint density at radius 3 is 2.58 bits per heavy atom. The lowest BCUT2D eigenvalue weighted by molar-refractivity contribution is 0.0544. The van der Waals surface area contributed by atoms with Gasteiger partial charge >= 0.3 is 6.09 Å². The van der Waals surface area contributed by atoms with Crippen LogP contribution in [0.15, 0.2) is 24.4 Å². The highest BCUT2D eigenvalue weighted by atomic mass is 35.5. The Hall–Kier alpha value is -1.68. The molecule has 1 heterocycles. The van der Waals surface area contributed by atoms with E-state index in [4.69, 9.17) is 21.1 Å². The normalized spacial score (nSPS) is 11.6. The fourth-order valence-electron chi connectivity index (χ4n) is 1.79. The summed E-state index contributed by atoms with van der Waals surface area (Å²) in [6.45, 7) is 5.46.